The van der Waals surface area contributed by atoms with Crippen molar-refractivity contribution in [2.24, 2.45) is 10.8 Å². The van der Waals surface area contributed by atoms with E-state index in [9.17, 15) is 14.7 Å². The summed E-state index contributed by atoms with van der Waals surface area (Å²) in [7, 11) is 0. The van der Waals surface area contributed by atoms with Crippen molar-refractivity contribution in [3.05, 3.63) is 0 Å². The average molecular weight is 300 g/mol. The van der Waals surface area contributed by atoms with Crippen LogP contribution in [-0.2, 0) is 14.3 Å². The summed E-state index contributed by atoms with van der Waals surface area (Å²) in [6, 6.07) is 0. The predicted octanol–water partition coefficient (Wildman–Crippen LogP) is 4.42. The van der Waals surface area contributed by atoms with E-state index in [4.69, 9.17) is 4.74 Å². The third-order valence-electron chi connectivity index (χ3n) is 4.14. The number of hydrogen-bond acceptors (Lipinski definition) is 3. The largest absolute Gasteiger partial charge is 0.480 e. The fourth-order valence-corrected chi connectivity index (χ4v) is 2.70. The Morgan fingerprint density at radius 3 is 2.05 bits per heavy atom. The fourth-order valence-electron chi connectivity index (χ4n) is 2.70. The van der Waals surface area contributed by atoms with E-state index in [0.717, 1.165) is 25.7 Å². The van der Waals surface area contributed by atoms with E-state index < -0.39 is 22.8 Å². The van der Waals surface area contributed by atoms with Gasteiger partial charge in [0.05, 0.1) is 6.10 Å². The number of carboxylic acids is 1. The van der Waals surface area contributed by atoms with Gasteiger partial charge in [-0.25, -0.2) is 0 Å². The first-order valence-electron chi connectivity index (χ1n) is 8.08. The number of ether oxygens (including phenoxy) is 1. The molecule has 0 radical (unpaired) electrons. The second-order valence-electron chi connectivity index (χ2n) is 6.92. The van der Waals surface area contributed by atoms with Gasteiger partial charge in [-0.2, -0.15) is 0 Å². The third kappa shape index (κ3) is 5.01. The van der Waals surface area contributed by atoms with Crippen LogP contribution in [0, 0.1) is 10.8 Å². The number of hydrogen-bond donors (Lipinski definition) is 1. The summed E-state index contributed by atoms with van der Waals surface area (Å²) in [6.07, 6.45) is 4.68. The monoisotopic (exact) mass is 300 g/mol. The number of carboxylic acid groups (broad SMARTS) is 1. The number of aliphatic carboxylic acids is 1. The Balaban J connectivity index is 5.09. The highest BCUT2D eigenvalue weighted by molar-refractivity contribution is 6.00. The summed E-state index contributed by atoms with van der Waals surface area (Å²) in [5, 5.41) is 9.69. The van der Waals surface area contributed by atoms with E-state index in [2.05, 4.69) is 6.92 Å². The summed E-state index contributed by atoms with van der Waals surface area (Å²) in [5.41, 5.74) is -2.16. The Kier molecular flexibility index (Phi) is 7.98. The van der Waals surface area contributed by atoms with E-state index in [-0.39, 0.29) is 6.10 Å². The molecule has 0 aromatic heterocycles. The highest BCUT2D eigenvalue weighted by Crippen LogP contribution is 2.44. The highest BCUT2D eigenvalue weighted by atomic mass is 16.5. The minimum absolute atomic E-state index is 0.234. The molecule has 2 unspecified atom stereocenters. The molecule has 4 heteroatoms. The average Bonchev–Trinajstić information content (AvgIpc) is 2.33. The van der Waals surface area contributed by atoms with E-state index in [1.807, 2.05) is 13.8 Å². The van der Waals surface area contributed by atoms with Crippen molar-refractivity contribution in [2.75, 3.05) is 0 Å². The molecule has 21 heavy (non-hydrogen) atoms. The van der Waals surface area contributed by atoms with E-state index >= 15 is 0 Å². The molecule has 0 saturated heterocycles. The van der Waals surface area contributed by atoms with Gasteiger partial charge in [0, 0.05) is 0 Å². The van der Waals surface area contributed by atoms with Crippen LogP contribution >= 0.6 is 0 Å². The standard InChI is InChI=1S/C17H32O4/c1-7-9-10-11-13(3)21-15(20)17(12-8-2,14(18)19)16(4,5)6/h13H,7-12H2,1-6H3,(H,18,19). The van der Waals surface area contributed by atoms with Crippen molar-refractivity contribution < 1.29 is 19.4 Å². The van der Waals surface area contributed by atoms with Gasteiger partial charge in [-0.05, 0) is 31.6 Å². The van der Waals surface area contributed by atoms with Crippen LogP contribution < -0.4 is 0 Å². The van der Waals surface area contributed by atoms with Crippen LogP contribution in [0.25, 0.3) is 0 Å². The van der Waals surface area contributed by atoms with Gasteiger partial charge in [0.2, 0.25) is 0 Å². The zero-order valence-electron chi connectivity index (χ0n) is 14.5. The molecule has 0 aliphatic heterocycles. The Morgan fingerprint density at radius 1 is 1.10 bits per heavy atom. The van der Waals surface area contributed by atoms with E-state index in [1.165, 1.54) is 0 Å². The second kappa shape index (κ2) is 8.40. The summed E-state index contributed by atoms with van der Waals surface area (Å²) in [5.74, 6) is -1.67. The molecule has 0 saturated carbocycles. The van der Waals surface area contributed by atoms with Gasteiger partial charge in [-0.3, -0.25) is 9.59 Å². The van der Waals surface area contributed by atoms with Crippen LogP contribution in [0.5, 0.6) is 0 Å². The third-order valence-corrected chi connectivity index (χ3v) is 4.14. The zero-order valence-corrected chi connectivity index (χ0v) is 14.5. The lowest BCUT2D eigenvalue weighted by molar-refractivity contribution is -0.182. The van der Waals surface area contributed by atoms with Crippen molar-refractivity contribution in [3.63, 3.8) is 0 Å². The number of carbonyl (C=O) groups excluding carboxylic acids is 1. The lowest BCUT2D eigenvalue weighted by Crippen LogP contribution is -2.51. The van der Waals surface area contributed by atoms with Crippen molar-refractivity contribution in [1.82, 2.24) is 0 Å². The normalized spacial score (nSPS) is 16.1. The summed E-state index contributed by atoms with van der Waals surface area (Å²) >= 11 is 0. The molecule has 124 valence electrons. The molecular formula is C17H32O4. The number of unbranched alkanes of at least 4 members (excludes halogenated alkanes) is 2. The van der Waals surface area contributed by atoms with Crippen LogP contribution in [0.4, 0.5) is 0 Å². The molecule has 0 aromatic rings. The smallest absolute Gasteiger partial charge is 0.324 e. The summed E-state index contributed by atoms with van der Waals surface area (Å²) in [6.45, 7) is 11.2. The number of esters is 1. The summed E-state index contributed by atoms with van der Waals surface area (Å²) < 4.78 is 5.48. The van der Waals surface area contributed by atoms with Gasteiger partial charge in [0.1, 0.15) is 0 Å². The van der Waals surface area contributed by atoms with Crippen LogP contribution in [0.3, 0.4) is 0 Å². The molecule has 0 spiro atoms. The molecule has 0 fully saturated rings. The minimum atomic E-state index is -1.47. The first-order valence-corrected chi connectivity index (χ1v) is 8.08. The van der Waals surface area contributed by atoms with Gasteiger partial charge >= 0.3 is 11.9 Å². The molecule has 0 rings (SSSR count). The molecule has 0 aromatic carbocycles. The zero-order chi connectivity index (χ0) is 16.7. The highest BCUT2D eigenvalue weighted by Gasteiger charge is 2.56. The maximum atomic E-state index is 12.6. The minimum Gasteiger partial charge on any atom is -0.480 e. The first kappa shape index (κ1) is 19.9. The number of rotatable bonds is 9. The molecule has 1 N–H and O–H groups in total. The maximum absolute atomic E-state index is 12.6. The predicted molar refractivity (Wildman–Crippen MR) is 84.1 cm³/mol. The quantitative estimate of drug-likeness (QED) is 0.389. The molecule has 0 aliphatic rings. The van der Waals surface area contributed by atoms with Crippen LogP contribution in [0.15, 0.2) is 0 Å². The van der Waals surface area contributed by atoms with E-state index in [1.54, 1.807) is 20.8 Å². The van der Waals surface area contributed by atoms with Gasteiger partial charge in [0.25, 0.3) is 0 Å². The molecule has 0 aliphatic carbocycles. The topological polar surface area (TPSA) is 63.6 Å². The molecule has 0 heterocycles. The molecule has 2 atom stereocenters. The fraction of sp³-hybridized carbons (Fsp3) is 0.882. The summed E-state index contributed by atoms with van der Waals surface area (Å²) in [4.78, 5) is 24.4. The number of carbonyl (C=O) groups is 2. The molecular weight excluding hydrogens is 268 g/mol. The SMILES string of the molecule is CCCCCC(C)OC(=O)C(CCC)(C(=O)O)C(C)(C)C. The Hall–Kier alpha value is -1.06. The Bertz CT molecular complexity index is 343. The Labute approximate surface area is 129 Å². The van der Waals surface area contributed by atoms with E-state index in [0.29, 0.717) is 12.8 Å². The van der Waals surface area contributed by atoms with Crippen molar-refractivity contribution in [2.45, 2.75) is 86.2 Å². The van der Waals surface area contributed by atoms with Gasteiger partial charge in [0.15, 0.2) is 5.41 Å². The van der Waals surface area contributed by atoms with Gasteiger partial charge < -0.3 is 9.84 Å². The van der Waals surface area contributed by atoms with Crippen LogP contribution in [-0.4, -0.2) is 23.1 Å². The van der Waals surface area contributed by atoms with Gasteiger partial charge in [-0.1, -0.05) is 53.9 Å². The Morgan fingerprint density at radius 2 is 1.67 bits per heavy atom. The maximum Gasteiger partial charge on any atom is 0.324 e. The van der Waals surface area contributed by atoms with Gasteiger partial charge in [-0.15, -0.1) is 0 Å². The second-order valence-corrected chi connectivity index (χ2v) is 6.92. The lowest BCUT2D eigenvalue weighted by Gasteiger charge is -2.39. The van der Waals surface area contributed by atoms with Crippen LogP contribution in [0.1, 0.15) is 80.1 Å². The lowest BCUT2D eigenvalue weighted by atomic mass is 9.64. The molecule has 0 amide bonds. The molecule has 0 bridgehead atoms. The van der Waals surface area contributed by atoms with Crippen molar-refractivity contribution in [3.8, 4) is 0 Å². The van der Waals surface area contributed by atoms with Crippen LogP contribution in [0.2, 0.25) is 0 Å². The van der Waals surface area contributed by atoms with Crippen molar-refractivity contribution >= 4 is 11.9 Å². The molecule has 4 nitrogen and oxygen atoms in total. The first-order chi connectivity index (χ1) is 9.63. The van der Waals surface area contributed by atoms with Crippen molar-refractivity contribution in [1.29, 1.82) is 0 Å².